The largest absolute Gasteiger partial charge is 0.357 e. The normalized spacial score (nSPS) is 16.5. The number of anilines is 2. The number of rotatable bonds is 2. The molecule has 4 nitrogen and oxygen atoms in total. The summed E-state index contributed by atoms with van der Waals surface area (Å²) < 4.78 is 13.5. The van der Waals surface area contributed by atoms with Crippen LogP contribution in [0.1, 0.15) is 0 Å². The molecule has 6 heteroatoms. The molecule has 15 heavy (non-hydrogen) atoms. The number of nitrogens with zero attached hydrogens (tertiary/aromatic N) is 3. The van der Waals surface area contributed by atoms with Crippen LogP contribution in [0.25, 0.3) is 0 Å². The summed E-state index contributed by atoms with van der Waals surface area (Å²) >= 11 is 1.89. The molecule has 0 bridgehead atoms. The second-order valence-electron chi connectivity index (χ2n) is 3.21. The molecule has 82 valence electrons. The molecule has 2 heterocycles. The molecule has 0 saturated carbocycles. The average molecular weight is 228 g/mol. The minimum atomic E-state index is -0.346. The number of hydrogen-bond donors (Lipinski definition) is 1. The van der Waals surface area contributed by atoms with Gasteiger partial charge in [-0.25, -0.2) is 9.37 Å². The first-order chi connectivity index (χ1) is 7.31. The van der Waals surface area contributed by atoms with Crippen molar-refractivity contribution in [3.8, 4) is 0 Å². The van der Waals surface area contributed by atoms with E-state index in [-0.39, 0.29) is 5.82 Å². The maximum Gasteiger partial charge on any atom is 0.224 e. The monoisotopic (exact) mass is 228 g/mol. The summed E-state index contributed by atoms with van der Waals surface area (Å²) in [7, 11) is 1.73. The fraction of sp³-hybridized carbons (Fsp3) is 0.556. The van der Waals surface area contributed by atoms with Crippen molar-refractivity contribution in [2.75, 3.05) is 41.9 Å². The molecule has 0 amide bonds. The van der Waals surface area contributed by atoms with E-state index in [4.69, 9.17) is 0 Å². The first kappa shape index (κ1) is 10.5. The van der Waals surface area contributed by atoms with Crippen molar-refractivity contribution in [2.24, 2.45) is 0 Å². The Morgan fingerprint density at radius 1 is 1.47 bits per heavy atom. The standard InChI is InChI=1S/C9H13FN4S/c1-11-9-12-6-7(10)8(13-9)14-2-4-15-5-3-14/h6H,2-5H2,1H3,(H,11,12,13). The SMILES string of the molecule is CNc1ncc(F)c(N2CCSCC2)n1. The Kier molecular flexibility index (Phi) is 3.25. The molecule has 1 aliphatic heterocycles. The second-order valence-corrected chi connectivity index (χ2v) is 4.44. The summed E-state index contributed by atoms with van der Waals surface area (Å²) in [4.78, 5) is 9.92. The molecule has 1 aromatic heterocycles. The quantitative estimate of drug-likeness (QED) is 0.824. The lowest BCUT2D eigenvalue weighted by molar-refractivity contribution is 0.605. The van der Waals surface area contributed by atoms with Crippen LogP contribution in [-0.4, -0.2) is 41.6 Å². The Morgan fingerprint density at radius 2 is 2.20 bits per heavy atom. The van der Waals surface area contributed by atoms with Crippen molar-refractivity contribution in [1.82, 2.24) is 9.97 Å². The lowest BCUT2D eigenvalue weighted by atomic mass is 10.4. The van der Waals surface area contributed by atoms with Crippen LogP contribution in [0.2, 0.25) is 0 Å². The van der Waals surface area contributed by atoms with Crippen molar-refractivity contribution in [1.29, 1.82) is 0 Å². The van der Waals surface area contributed by atoms with Crippen LogP contribution in [0.4, 0.5) is 16.2 Å². The summed E-state index contributed by atoms with van der Waals surface area (Å²) in [5, 5.41) is 2.81. The van der Waals surface area contributed by atoms with Gasteiger partial charge in [0.25, 0.3) is 0 Å². The first-order valence-corrected chi connectivity index (χ1v) is 5.99. The van der Waals surface area contributed by atoms with E-state index in [1.54, 1.807) is 7.05 Å². The smallest absolute Gasteiger partial charge is 0.224 e. The molecule has 1 N–H and O–H groups in total. The summed E-state index contributed by atoms with van der Waals surface area (Å²) in [5.74, 6) is 2.58. The van der Waals surface area contributed by atoms with Gasteiger partial charge in [-0.15, -0.1) is 0 Å². The molecular weight excluding hydrogens is 215 g/mol. The minimum absolute atomic E-state index is 0.346. The lowest BCUT2D eigenvalue weighted by Gasteiger charge is -2.27. The zero-order chi connectivity index (χ0) is 10.7. The Balaban J connectivity index is 2.24. The minimum Gasteiger partial charge on any atom is -0.357 e. The van der Waals surface area contributed by atoms with Gasteiger partial charge in [-0.05, 0) is 0 Å². The van der Waals surface area contributed by atoms with Crippen LogP contribution in [-0.2, 0) is 0 Å². The highest BCUT2D eigenvalue weighted by Gasteiger charge is 2.17. The Bertz CT molecular complexity index is 341. The van der Waals surface area contributed by atoms with Crippen LogP contribution >= 0.6 is 11.8 Å². The van der Waals surface area contributed by atoms with Crippen molar-refractivity contribution < 1.29 is 4.39 Å². The van der Waals surface area contributed by atoms with Gasteiger partial charge in [0.15, 0.2) is 11.6 Å². The highest BCUT2D eigenvalue weighted by Crippen LogP contribution is 2.20. The summed E-state index contributed by atoms with van der Waals surface area (Å²) in [6.45, 7) is 1.70. The van der Waals surface area contributed by atoms with E-state index < -0.39 is 0 Å². The summed E-state index contributed by atoms with van der Waals surface area (Å²) in [6, 6.07) is 0. The van der Waals surface area contributed by atoms with Crippen LogP contribution in [0.3, 0.4) is 0 Å². The van der Waals surface area contributed by atoms with Crippen molar-refractivity contribution >= 4 is 23.5 Å². The number of aromatic nitrogens is 2. The zero-order valence-corrected chi connectivity index (χ0v) is 9.35. The molecule has 1 saturated heterocycles. The Hall–Kier alpha value is -1.04. The Morgan fingerprint density at radius 3 is 2.87 bits per heavy atom. The van der Waals surface area contributed by atoms with Gasteiger partial charge in [-0.3, -0.25) is 0 Å². The van der Waals surface area contributed by atoms with E-state index >= 15 is 0 Å². The van der Waals surface area contributed by atoms with E-state index in [1.807, 2.05) is 16.7 Å². The predicted molar refractivity (Wildman–Crippen MR) is 61.1 cm³/mol. The molecule has 0 aliphatic carbocycles. The van der Waals surface area contributed by atoms with Gasteiger partial charge in [0.05, 0.1) is 6.20 Å². The van der Waals surface area contributed by atoms with Crippen LogP contribution in [0.5, 0.6) is 0 Å². The molecule has 0 atom stereocenters. The van der Waals surface area contributed by atoms with Crippen molar-refractivity contribution in [3.63, 3.8) is 0 Å². The van der Waals surface area contributed by atoms with Gasteiger partial charge >= 0.3 is 0 Å². The van der Waals surface area contributed by atoms with Crippen LogP contribution < -0.4 is 10.2 Å². The summed E-state index contributed by atoms with van der Waals surface area (Å²) in [6.07, 6.45) is 1.22. The second kappa shape index (κ2) is 4.65. The zero-order valence-electron chi connectivity index (χ0n) is 8.53. The highest BCUT2D eigenvalue weighted by molar-refractivity contribution is 7.99. The molecule has 0 aromatic carbocycles. The van der Waals surface area contributed by atoms with E-state index in [2.05, 4.69) is 15.3 Å². The first-order valence-electron chi connectivity index (χ1n) is 4.84. The van der Waals surface area contributed by atoms with Crippen LogP contribution in [0.15, 0.2) is 6.20 Å². The third-order valence-corrected chi connectivity index (χ3v) is 3.20. The number of thioether (sulfide) groups is 1. The highest BCUT2D eigenvalue weighted by atomic mass is 32.2. The Labute approximate surface area is 92.3 Å². The molecular formula is C9H13FN4S. The van der Waals surface area contributed by atoms with E-state index in [9.17, 15) is 4.39 Å². The predicted octanol–water partition coefficient (Wildman–Crippen LogP) is 1.21. The van der Waals surface area contributed by atoms with Crippen molar-refractivity contribution in [2.45, 2.75) is 0 Å². The fourth-order valence-corrected chi connectivity index (χ4v) is 2.38. The van der Waals surface area contributed by atoms with E-state index in [0.717, 1.165) is 24.6 Å². The van der Waals surface area contributed by atoms with Gasteiger partial charge in [0.1, 0.15) is 0 Å². The van der Waals surface area contributed by atoms with Crippen LogP contribution in [0, 0.1) is 5.82 Å². The maximum atomic E-state index is 13.5. The number of hydrogen-bond acceptors (Lipinski definition) is 5. The molecule has 1 aliphatic rings. The molecule has 0 radical (unpaired) electrons. The van der Waals surface area contributed by atoms with E-state index in [1.165, 1.54) is 6.20 Å². The summed E-state index contributed by atoms with van der Waals surface area (Å²) in [5.41, 5.74) is 0. The van der Waals surface area contributed by atoms with Gasteiger partial charge in [0, 0.05) is 31.6 Å². The lowest BCUT2D eigenvalue weighted by Crippen LogP contribution is -2.34. The topological polar surface area (TPSA) is 41.1 Å². The number of nitrogens with one attached hydrogen (secondary N) is 1. The average Bonchev–Trinajstić information content (AvgIpc) is 2.31. The van der Waals surface area contributed by atoms with Gasteiger partial charge in [-0.2, -0.15) is 16.7 Å². The van der Waals surface area contributed by atoms with Gasteiger partial charge in [-0.1, -0.05) is 0 Å². The van der Waals surface area contributed by atoms with Gasteiger partial charge < -0.3 is 10.2 Å². The third kappa shape index (κ3) is 2.31. The molecule has 0 unspecified atom stereocenters. The van der Waals surface area contributed by atoms with Gasteiger partial charge in [0.2, 0.25) is 5.95 Å². The number of halogens is 1. The molecule has 0 spiro atoms. The molecule has 1 aromatic rings. The molecule has 2 rings (SSSR count). The van der Waals surface area contributed by atoms with E-state index in [0.29, 0.717) is 11.8 Å². The third-order valence-electron chi connectivity index (χ3n) is 2.26. The molecule has 1 fully saturated rings. The fourth-order valence-electron chi connectivity index (χ4n) is 1.48. The maximum absolute atomic E-state index is 13.5. The van der Waals surface area contributed by atoms with Crippen molar-refractivity contribution in [3.05, 3.63) is 12.0 Å².